The third-order valence-electron chi connectivity index (χ3n) is 7.99. The molecule has 0 radical (unpaired) electrons. The average molecular weight is 593 g/mol. The van der Waals surface area contributed by atoms with Gasteiger partial charge in [0.1, 0.15) is 6.61 Å². The molecule has 7 heteroatoms. The molecule has 2 unspecified atom stereocenters. The molecule has 0 fully saturated rings. The molecule has 2 atom stereocenters. The fourth-order valence-corrected chi connectivity index (χ4v) is 6.16. The predicted octanol–water partition coefficient (Wildman–Crippen LogP) is 8.24. The number of anilines is 2. The number of ether oxygens (including phenoxy) is 2. The van der Waals surface area contributed by atoms with E-state index in [4.69, 9.17) is 21.1 Å². The Kier molecular flexibility index (Phi) is 8.21. The van der Waals surface area contributed by atoms with Gasteiger partial charge in [-0.1, -0.05) is 72.3 Å². The first-order chi connectivity index (χ1) is 20.9. The highest BCUT2D eigenvalue weighted by molar-refractivity contribution is 6.30. The molecule has 1 aliphatic heterocycles. The number of halogens is 1. The Morgan fingerprint density at radius 1 is 0.884 bits per heavy atom. The molecule has 0 saturated heterocycles. The quantitative estimate of drug-likeness (QED) is 0.234. The summed E-state index contributed by atoms with van der Waals surface area (Å²) >= 11 is 6.04. The molecule has 0 bridgehead atoms. The van der Waals surface area contributed by atoms with Crippen molar-refractivity contribution < 1.29 is 19.1 Å². The van der Waals surface area contributed by atoms with Gasteiger partial charge in [0.05, 0.1) is 24.0 Å². The van der Waals surface area contributed by atoms with Gasteiger partial charge in [0.2, 0.25) is 5.91 Å². The van der Waals surface area contributed by atoms with Crippen molar-refractivity contribution in [2.45, 2.75) is 45.3 Å². The van der Waals surface area contributed by atoms with Gasteiger partial charge in [0.25, 0.3) is 0 Å². The van der Waals surface area contributed by atoms with E-state index in [0.717, 1.165) is 33.8 Å². The van der Waals surface area contributed by atoms with Crippen LogP contribution >= 0.6 is 11.6 Å². The maximum atomic E-state index is 14.1. The standard InChI is InChI=1S/C36H33ClN2O4/c1-3-42-34-21-26(15-18-33(34)43-22-24-13-16-28(37)17-14-24)36-35-30(19-27(20-32(35)41)25-9-5-4-6-10-25)38-29-11-7-8-12-31(29)39(36)23(2)40/h4-18,21,27,36,38H,3,19-20,22H2,1-2H3. The number of Topliss-reactive ketones (excluding diaryl/α,β-unsaturated/α-hetero) is 1. The maximum Gasteiger partial charge on any atom is 0.224 e. The van der Waals surface area contributed by atoms with Crippen molar-refractivity contribution in [3.63, 3.8) is 0 Å². The Balaban J connectivity index is 1.44. The number of carbonyl (C=O) groups excluding carboxylic acids is 2. The Morgan fingerprint density at radius 3 is 2.37 bits per heavy atom. The van der Waals surface area contributed by atoms with Crippen LogP contribution in [0.1, 0.15) is 55.3 Å². The van der Waals surface area contributed by atoms with Gasteiger partial charge in [0, 0.05) is 29.6 Å². The number of para-hydroxylation sites is 2. The minimum Gasteiger partial charge on any atom is -0.490 e. The van der Waals surface area contributed by atoms with E-state index in [1.165, 1.54) is 0 Å². The molecule has 43 heavy (non-hydrogen) atoms. The number of ketones is 1. The summed E-state index contributed by atoms with van der Waals surface area (Å²) < 4.78 is 12.2. The van der Waals surface area contributed by atoms with Gasteiger partial charge in [-0.25, -0.2) is 0 Å². The number of carbonyl (C=O) groups is 2. The van der Waals surface area contributed by atoms with Crippen molar-refractivity contribution in [2.24, 2.45) is 0 Å². The fraction of sp³-hybridized carbons (Fsp3) is 0.222. The zero-order valence-electron chi connectivity index (χ0n) is 24.2. The fourth-order valence-electron chi connectivity index (χ4n) is 6.04. The van der Waals surface area contributed by atoms with Crippen LogP contribution in [0.3, 0.4) is 0 Å². The number of hydrogen-bond donors (Lipinski definition) is 1. The molecule has 4 aromatic carbocycles. The highest BCUT2D eigenvalue weighted by Crippen LogP contribution is 2.48. The predicted molar refractivity (Wildman–Crippen MR) is 170 cm³/mol. The molecule has 0 spiro atoms. The number of benzene rings is 4. The molecule has 1 N–H and O–H groups in total. The van der Waals surface area contributed by atoms with Crippen LogP contribution in [0.15, 0.2) is 108 Å². The largest absolute Gasteiger partial charge is 0.490 e. The van der Waals surface area contributed by atoms with Crippen LogP contribution in [0.4, 0.5) is 11.4 Å². The molecule has 0 saturated carbocycles. The van der Waals surface area contributed by atoms with E-state index in [2.05, 4.69) is 17.4 Å². The molecule has 0 aromatic heterocycles. The molecule has 1 amide bonds. The van der Waals surface area contributed by atoms with Gasteiger partial charge in [-0.3, -0.25) is 14.5 Å². The van der Waals surface area contributed by atoms with Crippen LogP contribution < -0.4 is 19.7 Å². The molecule has 218 valence electrons. The number of fused-ring (bicyclic) bond motifs is 1. The Hall–Kier alpha value is -4.55. The van der Waals surface area contributed by atoms with Crippen molar-refractivity contribution in [2.75, 3.05) is 16.8 Å². The normalized spacial score (nSPS) is 17.8. The summed E-state index contributed by atoms with van der Waals surface area (Å²) in [5, 5.41) is 4.23. The van der Waals surface area contributed by atoms with Crippen LogP contribution in [0.25, 0.3) is 0 Å². The molecule has 6 rings (SSSR count). The smallest absolute Gasteiger partial charge is 0.224 e. The van der Waals surface area contributed by atoms with Gasteiger partial charge < -0.3 is 14.8 Å². The van der Waals surface area contributed by atoms with E-state index in [0.29, 0.717) is 48.2 Å². The monoisotopic (exact) mass is 592 g/mol. The Morgan fingerprint density at radius 2 is 1.63 bits per heavy atom. The average Bonchev–Trinajstić information content (AvgIpc) is 3.16. The van der Waals surface area contributed by atoms with Gasteiger partial charge in [0.15, 0.2) is 17.3 Å². The highest BCUT2D eigenvalue weighted by atomic mass is 35.5. The van der Waals surface area contributed by atoms with Crippen LogP contribution in [0.2, 0.25) is 5.02 Å². The molecule has 2 aliphatic rings. The summed E-state index contributed by atoms with van der Waals surface area (Å²) in [6.45, 7) is 4.23. The number of hydrogen-bond acceptors (Lipinski definition) is 5. The molecular formula is C36H33ClN2O4. The third-order valence-corrected chi connectivity index (χ3v) is 8.24. The number of rotatable bonds is 7. The van der Waals surface area contributed by atoms with Crippen molar-refractivity contribution in [1.29, 1.82) is 0 Å². The zero-order chi connectivity index (χ0) is 29.9. The van der Waals surface area contributed by atoms with E-state index < -0.39 is 6.04 Å². The molecular weight excluding hydrogens is 560 g/mol. The van der Waals surface area contributed by atoms with E-state index in [1.807, 2.05) is 91.9 Å². The molecule has 1 heterocycles. The van der Waals surface area contributed by atoms with Gasteiger partial charge >= 0.3 is 0 Å². The second-order valence-corrected chi connectivity index (χ2v) is 11.3. The summed E-state index contributed by atoms with van der Waals surface area (Å²) in [5.41, 5.74) is 5.84. The lowest BCUT2D eigenvalue weighted by atomic mass is 9.78. The second-order valence-electron chi connectivity index (χ2n) is 10.8. The lowest BCUT2D eigenvalue weighted by molar-refractivity contribution is -0.117. The number of nitrogens with one attached hydrogen (secondary N) is 1. The van der Waals surface area contributed by atoms with Gasteiger partial charge in [-0.15, -0.1) is 0 Å². The summed E-state index contributed by atoms with van der Waals surface area (Å²) in [5.74, 6) is 1.03. The summed E-state index contributed by atoms with van der Waals surface area (Å²) in [6.07, 6.45) is 1.02. The Labute approximate surface area is 256 Å². The first kappa shape index (κ1) is 28.6. The summed E-state index contributed by atoms with van der Waals surface area (Å²) in [6, 6.07) is 30.4. The zero-order valence-corrected chi connectivity index (χ0v) is 24.9. The third kappa shape index (κ3) is 5.88. The van der Waals surface area contributed by atoms with Crippen molar-refractivity contribution >= 4 is 34.7 Å². The summed E-state index contributed by atoms with van der Waals surface area (Å²) in [7, 11) is 0. The SMILES string of the molecule is CCOc1cc(C2C3=C(CC(c4ccccc4)CC3=O)Nc3ccccc3N2C(C)=O)ccc1OCc1ccc(Cl)cc1. The van der Waals surface area contributed by atoms with Crippen molar-refractivity contribution in [3.05, 3.63) is 130 Å². The highest BCUT2D eigenvalue weighted by Gasteiger charge is 2.41. The minimum atomic E-state index is -0.641. The number of allylic oxidation sites excluding steroid dienone is 1. The van der Waals surface area contributed by atoms with E-state index >= 15 is 0 Å². The first-order valence-electron chi connectivity index (χ1n) is 14.5. The van der Waals surface area contributed by atoms with Crippen LogP contribution in [-0.4, -0.2) is 18.3 Å². The van der Waals surface area contributed by atoms with Crippen LogP contribution in [-0.2, 0) is 16.2 Å². The molecule has 1 aliphatic carbocycles. The summed E-state index contributed by atoms with van der Waals surface area (Å²) in [4.78, 5) is 29.3. The van der Waals surface area contributed by atoms with Gasteiger partial charge in [-0.2, -0.15) is 0 Å². The van der Waals surface area contributed by atoms with Crippen molar-refractivity contribution in [1.82, 2.24) is 0 Å². The molecule has 6 nitrogen and oxygen atoms in total. The van der Waals surface area contributed by atoms with E-state index in [9.17, 15) is 9.59 Å². The lowest BCUT2D eigenvalue weighted by Gasteiger charge is -2.34. The number of amides is 1. The van der Waals surface area contributed by atoms with Gasteiger partial charge in [-0.05, 0) is 72.4 Å². The second kappa shape index (κ2) is 12.4. The first-order valence-corrected chi connectivity index (χ1v) is 14.9. The minimum absolute atomic E-state index is 0.0210. The van der Waals surface area contributed by atoms with E-state index in [1.54, 1.807) is 11.8 Å². The maximum absolute atomic E-state index is 14.1. The molecule has 4 aromatic rings. The van der Waals surface area contributed by atoms with E-state index in [-0.39, 0.29) is 17.6 Å². The van der Waals surface area contributed by atoms with Crippen LogP contribution in [0.5, 0.6) is 11.5 Å². The Bertz CT molecular complexity index is 1680. The van der Waals surface area contributed by atoms with Crippen molar-refractivity contribution in [3.8, 4) is 11.5 Å². The topological polar surface area (TPSA) is 67.9 Å². The van der Waals surface area contributed by atoms with Crippen LogP contribution in [0, 0.1) is 0 Å². The lowest BCUT2D eigenvalue weighted by Crippen LogP contribution is -2.37. The number of nitrogens with zero attached hydrogens (tertiary/aromatic N) is 1.